The second-order valence-corrected chi connectivity index (χ2v) is 6.06. The number of nitrogens with zero attached hydrogens (tertiary/aromatic N) is 1. The molecule has 94 valence electrons. The van der Waals surface area contributed by atoms with Gasteiger partial charge >= 0.3 is 0 Å². The lowest BCUT2D eigenvalue weighted by molar-refractivity contribution is -0.163. The molecule has 0 atom stereocenters. The fourth-order valence-corrected chi connectivity index (χ4v) is 3.65. The van der Waals surface area contributed by atoms with Gasteiger partial charge in [-0.25, -0.2) is 4.98 Å². The van der Waals surface area contributed by atoms with Gasteiger partial charge in [0, 0.05) is 23.8 Å². The van der Waals surface area contributed by atoms with Gasteiger partial charge in [0.1, 0.15) is 0 Å². The van der Waals surface area contributed by atoms with E-state index in [0.717, 1.165) is 37.6 Å². The largest absolute Gasteiger partial charge is 0.359 e. The first-order chi connectivity index (χ1) is 8.17. The van der Waals surface area contributed by atoms with Crippen molar-refractivity contribution in [1.29, 1.82) is 0 Å². The van der Waals surface area contributed by atoms with Crippen molar-refractivity contribution in [3.8, 4) is 0 Å². The Hall–Kier alpha value is -0.650. The highest BCUT2D eigenvalue weighted by Crippen LogP contribution is 2.38. The van der Waals surface area contributed by atoms with E-state index >= 15 is 0 Å². The molecule has 1 spiro atoms. The minimum absolute atomic E-state index is 0.339. The van der Waals surface area contributed by atoms with Crippen molar-refractivity contribution >= 4 is 16.5 Å². The topological polar surface area (TPSA) is 43.4 Å². The molecule has 1 aliphatic carbocycles. The number of rotatable bonds is 2. The SMILES string of the molecule is CC(C)Nc1nc2c(s1)CC1(CC2)OCCO1. The Balaban J connectivity index is 1.80. The number of aromatic nitrogens is 1. The molecule has 0 saturated carbocycles. The van der Waals surface area contributed by atoms with E-state index in [1.165, 1.54) is 10.6 Å². The fourth-order valence-electron chi connectivity index (χ4n) is 2.41. The molecular weight excluding hydrogens is 236 g/mol. The predicted molar refractivity (Wildman–Crippen MR) is 67.5 cm³/mol. The first kappa shape index (κ1) is 11.4. The Morgan fingerprint density at radius 3 is 2.82 bits per heavy atom. The van der Waals surface area contributed by atoms with E-state index < -0.39 is 0 Å². The maximum absolute atomic E-state index is 5.76. The zero-order valence-corrected chi connectivity index (χ0v) is 11.1. The number of nitrogens with one attached hydrogen (secondary N) is 1. The number of hydrogen-bond acceptors (Lipinski definition) is 5. The molecule has 2 aliphatic rings. The lowest BCUT2D eigenvalue weighted by atomic mass is 9.96. The molecular formula is C12H18N2O2S. The van der Waals surface area contributed by atoms with Crippen LogP contribution in [0.15, 0.2) is 0 Å². The van der Waals surface area contributed by atoms with Crippen LogP contribution >= 0.6 is 11.3 Å². The van der Waals surface area contributed by atoms with Crippen LogP contribution in [0.25, 0.3) is 0 Å². The van der Waals surface area contributed by atoms with Crippen molar-refractivity contribution in [3.63, 3.8) is 0 Å². The summed E-state index contributed by atoms with van der Waals surface area (Å²) < 4.78 is 11.5. The highest BCUT2D eigenvalue weighted by atomic mass is 32.1. The minimum atomic E-state index is -0.339. The van der Waals surface area contributed by atoms with Crippen LogP contribution in [0.4, 0.5) is 5.13 Å². The summed E-state index contributed by atoms with van der Waals surface area (Å²) in [4.78, 5) is 5.96. The fraction of sp³-hybridized carbons (Fsp3) is 0.750. The molecule has 2 heterocycles. The quantitative estimate of drug-likeness (QED) is 0.878. The summed E-state index contributed by atoms with van der Waals surface area (Å²) in [6.07, 6.45) is 2.76. The average molecular weight is 254 g/mol. The summed E-state index contributed by atoms with van der Waals surface area (Å²) in [6.45, 7) is 5.71. The molecule has 1 aliphatic heterocycles. The van der Waals surface area contributed by atoms with Crippen LogP contribution in [-0.2, 0) is 22.3 Å². The molecule has 17 heavy (non-hydrogen) atoms. The van der Waals surface area contributed by atoms with E-state index in [4.69, 9.17) is 9.47 Å². The van der Waals surface area contributed by atoms with E-state index in [-0.39, 0.29) is 5.79 Å². The second-order valence-electron chi connectivity index (χ2n) is 4.97. The van der Waals surface area contributed by atoms with Crippen molar-refractivity contribution in [1.82, 2.24) is 4.98 Å². The molecule has 0 unspecified atom stereocenters. The number of ether oxygens (including phenoxy) is 2. The van der Waals surface area contributed by atoms with E-state index in [9.17, 15) is 0 Å². The molecule has 5 heteroatoms. The van der Waals surface area contributed by atoms with E-state index in [0.29, 0.717) is 6.04 Å². The average Bonchev–Trinajstić information content (AvgIpc) is 2.84. The molecule has 1 fully saturated rings. The zero-order valence-electron chi connectivity index (χ0n) is 10.3. The summed E-state index contributed by atoms with van der Waals surface area (Å²) in [5.41, 5.74) is 1.22. The molecule has 0 radical (unpaired) electrons. The third kappa shape index (κ3) is 2.19. The smallest absolute Gasteiger partial charge is 0.183 e. The Morgan fingerprint density at radius 1 is 1.35 bits per heavy atom. The van der Waals surface area contributed by atoms with Gasteiger partial charge in [-0.2, -0.15) is 0 Å². The predicted octanol–water partition coefficient (Wildman–Crippen LogP) is 2.20. The van der Waals surface area contributed by atoms with Gasteiger partial charge in [-0.3, -0.25) is 0 Å². The van der Waals surface area contributed by atoms with Gasteiger partial charge in [0.2, 0.25) is 0 Å². The number of fused-ring (bicyclic) bond motifs is 1. The Morgan fingerprint density at radius 2 is 2.12 bits per heavy atom. The molecule has 3 rings (SSSR count). The molecule has 1 aromatic heterocycles. The molecule has 0 aromatic carbocycles. The van der Waals surface area contributed by atoms with Crippen molar-refractivity contribution in [3.05, 3.63) is 10.6 Å². The Kier molecular flexibility index (Phi) is 2.84. The number of thiazole rings is 1. The van der Waals surface area contributed by atoms with Crippen LogP contribution in [0, 0.1) is 0 Å². The summed E-state index contributed by atoms with van der Waals surface area (Å²) in [6, 6.07) is 0.426. The standard InChI is InChI=1S/C12H18N2O2S/c1-8(2)13-11-14-9-3-4-12(7-10(9)17-11)15-5-6-16-12/h8H,3-7H2,1-2H3,(H,13,14). The van der Waals surface area contributed by atoms with Gasteiger partial charge in [0.25, 0.3) is 0 Å². The number of aryl methyl sites for hydroxylation is 1. The maximum atomic E-state index is 5.76. The summed E-state index contributed by atoms with van der Waals surface area (Å²) >= 11 is 1.74. The first-order valence-electron chi connectivity index (χ1n) is 6.20. The lowest BCUT2D eigenvalue weighted by Crippen LogP contribution is -2.36. The van der Waals surface area contributed by atoms with Crippen LogP contribution in [0.2, 0.25) is 0 Å². The van der Waals surface area contributed by atoms with Gasteiger partial charge in [-0.15, -0.1) is 11.3 Å². The third-order valence-corrected chi connectivity index (χ3v) is 4.21. The van der Waals surface area contributed by atoms with Gasteiger partial charge in [-0.1, -0.05) is 0 Å². The Bertz CT molecular complexity index is 411. The van der Waals surface area contributed by atoms with Crippen molar-refractivity contribution in [2.75, 3.05) is 18.5 Å². The molecule has 1 aromatic rings. The van der Waals surface area contributed by atoms with E-state index in [2.05, 4.69) is 24.1 Å². The van der Waals surface area contributed by atoms with Crippen LogP contribution in [0.1, 0.15) is 30.8 Å². The zero-order chi connectivity index (χ0) is 11.9. The van der Waals surface area contributed by atoms with E-state index in [1.807, 2.05) is 0 Å². The highest BCUT2D eigenvalue weighted by Gasteiger charge is 2.41. The summed E-state index contributed by atoms with van der Waals surface area (Å²) in [5.74, 6) is -0.339. The van der Waals surface area contributed by atoms with Crippen LogP contribution in [-0.4, -0.2) is 30.0 Å². The summed E-state index contributed by atoms with van der Waals surface area (Å²) in [7, 11) is 0. The minimum Gasteiger partial charge on any atom is -0.359 e. The second kappa shape index (κ2) is 4.23. The highest BCUT2D eigenvalue weighted by molar-refractivity contribution is 7.15. The van der Waals surface area contributed by atoms with Crippen molar-refractivity contribution in [2.24, 2.45) is 0 Å². The van der Waals surface area contributed by atoms with Gasteiger partial charge < -0.3 is 14.8 Å². The number of hydrogen-bond donors (Lipinski definition) is 1. The molecule has 0 amide bonds. The molecule has 1 saturated heterocycles. The van der Waals surface area contributed by atoms with E-state index in [1.54, 1.807) is 11.3 Å². The normalized spacial score (nSPS) is 22.1. The third-order valence-electron chi connectivity index (χ3n) is 3.18. The first-order valence-corrected chi connectivity index (χ1v) is 7.02. The van der Waals surface area contributed by atoms with Crippen molar-refractivity contribution in [2.45, 2.75) is 44.9 Å². The molecule has 4 nitrogen and oxygen atoms in total. The monoisotopic (exact) mass is 254 g/mol. The molecule has 1 N–H and O–H groups in total. The number of anilines is 1. The maximum Gasteiger partial charge on any atom is 0.183 e. The van der Waals surface area contributed by atoms with Crippen LogP contribution in [0.3, 0.4) is 0 Å². The molecule has 0 bridgehead atoms. The van der Waals surface area contributed by atoms with Gasteiger partial charge in [0.05, 0.1) is 18.9 Å². The van der Waals surface area contributed by atoms with Gasteiger partial charge in [-0.05, 0) is 20.3 Å². The van der Waals surface area contributed by atoms with Crippen LogP contribution in [0.5, 0.6) is 0 Å². The van der Waals surface area contributed by atoms with Crippen LogP contribution < -0.4 is 5.32 Å². The van der Waals surface area contributed by atoms with Gasteiger partial charge in [0.15, 0.2) is 10.9 Å². The Labute approximate surface area is 105 Å². The van der Waals surface area contributed by atoms with Crippen molar-refractivity contribution < 1.29 is 9.47 Å². The lowest BCUT2D eigenvalue weighted by Gasteiger charge is -2.30. The summed E-state index contributed by atoms with van der Waals surface area (Å²) in [5, 5.41) is 4.39.